The summed E-state index contributed by atoms with van der Waals surface area (Å²) in [4.78, 5) is -0.657. The van der Waals surface area contributed by atoms with E-state index in [1.807, 2.05) is 0 Å². The highest BCUT2D eigenvalue weighted by molar-refractivity contribution is 8.00. The van der Waals surface area contributed by atoms with Crippen molar-refractivity contribution in [2.45, 2.75) is 16.8 Å². The summed E-state index contributed by atoms with van der Waals surface area (Å²) in [6, 6.07) is 2.94. The van der Waals surface area contributed by atoms with E-state index in [4.69, 9.17) is 33.2 Å². The Hall–Kier alpha value is -1.97. The van der Waals surface area contributed by atoms with Crippen LogP contribution in [0.3, 0.4) is 0 Å². The van der Waals surface area contributed by atoms with Crippen molar-refractivity contribution < 1.29 is 35.8 Å². The van der Waals surface area contributed by atoms with Gasteiger partial charge < -0.3 is 9.47 Å². The van der Waals surface area contributed by atoms with Gasteiger partial charge in [-0.1, -0.05) is 23.2 Å². The third kappa shape index (κ3) is 5.06. The minimum Gasteiger partial charge on any atom is -0.480 e. The maximum Gasteiger partial charge on any atom is 0.573 e. The van der Waals surface area contributed by atoms with Crippen molar-refractivity contribution in [3.05, 3.63) is 27.9 Å². The minimum atomic E-state index is -5.01. The second-order valence-corrected chi connectivity index (χ2v) is 6.43. The van der Waals surface area contributed by atoms with Gasteiger partial charge in [0.2, 0.25) is 5.88 Å². The summed E-state index contributed by atoms with van der Waals surface area (Å²) in [6.45, 7) is 0. The largest absolute Gasteiger partial charge is 0.573 e. The Bertz CT molecular complexity index is 884. The maximum atomic E-state index is 12.7. The maximum absolute atomic E-state index is 12.7. The van der Waals surface area contributed by atoms with E-state index in [1.165, 1.54) is 6.07 Å². The molecule has 0 fully saturated rings. The topological polar surface area (TPSA) is 60.1 Å². The summed E-state index contributed by atoms with van der Waals surface area (Å²) in [6.07, 6.45) is -5.01. The first-order chi connectivity index (χ1) is 12.4. The summed E-state index contributed by atoms with van der Waals surface area (Å²) >= 11 is 11.2. The zero-order chi connectivity index (χ0) is 20.6. The molecule has 0 bridgehead atoms. The molecule has 1 heterocycles. The first-order valence-corrected chi connectivity index (χ1v) is 8.01. The molecule has 2 aromatic rings. The normalized spacial score (nSPS) is 12.0. The summed E-state index contributed by atoms with van der Waals surface area (Å²) in [5, 5.41) is 11.8. The van der Waals surface area contributed by atoms with Crippen molar-refractivity contribution in [3.8, 4) is 23.4 Å². The Morgan fingerprint density at radius 1 is 1.15 bits per heavy atom. The van der Waals surface area contributed by atoms with E-state index < -0.39 is 55.9 Å². The lowest BCUT2D eigenvalue weighted by atomic mass is 10.3. The molecule has 0 saturated carbocycles. The molecule has 0 radical (unpaired) electrons. The third-order valence-electron chi connectivity index (χ3n) is 2.75. The molecule has 146 valence electrons. The van der Waals surface area contributed by atoms with Crippen LogP contribution in [0.2, 0.25) is 10.0 Å². The van der Waals surface area contributed by atoms with E-state index in [9.17, 15) is 26.3 Å². The molecule has 2 rings (SSSR count). The SMILES string of the molecule is COc1c(SC(F)(F)F)c(C#N)nn1-c1c(Cl)cc(OC(F)(F)F)cc1Cl. The monoisotopic (exact) mass is 451 g/mol. The molecule has 0 unspecified atom stereocenters. The summed E-state index contributed by atoms with van der Waals surface area (Å²) in [5.74, 6) is -1.28. The van der Waals surface area contributed by atoms with Crippen molar-refractivity contribution in [2.24, 2.45) is 0 Å². The van der Waals surface area contributed by atoms with E-state index in [2.05, 4.69) is 9.84 Å². The lowest BCUT2D eigenvalue weighted by Crippen LogP contribution is -2.17. The number of nitriles is 1. The Morgan fingerprint density at radius 3 is 2.11 bits per heavy atom. The van der Waals surface area contributed by atoms with Crippen LogP contribution in [0.15, 0.2) is 17.0 Å². The number of benzene rings is 1. The van der Waals surface area contributed by atoms with Crippen LogP contribution in [0.1, 0.15) is 5.69 Å². The van der Waals surface area contributed by atoms with Crippen LogP contribution < -0.4 is 9.47 Å². The highest BCUT2D eigenvalue weighted by Crippen LogP contribution is 2.45. The molecular weight excluding hydrogens is 447 g/mol. The van der Waals surface area contributed by atoms with Gasteiger partial charge in [0.1, 0.15) is 22.4 Å². The summed E-state index contributed by atoms with van der Waals surface area (Å²) in [7, 11) is 1.01. The smallest absolute Gasteiger partial charge is 0.480 e. The molecule has 27 heavy (non-hydrogen) atoms. The van der Waals surface area contributed by atoms with Gasteiger partial charge in [-0.25, -0.2) is 0 Å². The van der Waals surface area contributed by atoms with E-state index in [1.54, 1.807) is 0 Å². The van der Waals surface area contributed by atoms with E-state index >= 15 is 0 Å². The Balaban J connectivity index is 2.64. The zero-order valence-corrected chi connectivity index (χ0v) is 15.1. The minimum absolute atomic E-state index is 0.296. The predicted molar refractivity (Wildman–Crippen MR) is 83.4 cm³/mol. The third-order valence-corrected chi connectivity index (χ3v) is 4.13. The number of aromatic nitrogens is 2. The molecule has 0 aliphatic heterocycles. The van der Waals surface area contributed by atoms with Crippen LogP contribution in [0, 0.1) is 11.3 Å². The van der Waals surface area contributed by atoms with Gasteiger partial charge >= 0.3 is 11.9 Å². The second-order valence-electron chi connectivity index (χ2n) is 4.54. The first-order valence-electron chi connectivity index (χ1n) is 6.44. The molecule has 0 saturated heterocycles. The number of nitrogens with zero attached hydrogens (tertiary/aromatic N) is 3. The van der Waals surface area contributed by atoms with Crippen LogP contribution in [0.4, 0.5) is 26.3 Å². The standard InChI is InChI=1S/C13H5Cl2F6N3O2S/c1-25-11-10(27-13(19,20)21)8(4-22)23-24(11)9-6(14)2-5(3-7(9)15)26-12(16,17)18/h2-3H,1H3. The fraction of sp³-hybridized carbons (Fsp3) is 0.231. The van der Waals surface area contributed by atoms with Gasteiger partial charge in [-0.15, -0.1) is 13.2 Å². The van der Waals surface area contributed by atoms with Crippen LogP contribution in [0.25, 0.3) is 5.69 Å². The highest BCUT2D eigenvalue weighted by Gasteiger charge is 2.36. The molecule has 0 amide bonds. The predicted octanol–water partition coefficient (Wildman–Crippen LogP) is 5.57. The molecular formula is C13H5Cl2F6N3O2S. The first kappa shape index (κ1) is 21.3. The Labute approximate surface area is 161 Å². The molecule has 14 heteroatoms. The van der Waals surface area contributed by atoms with Crippen molar-refractivity contribution >= 4 is 35.0 Å². The fourth-order valence-electron chi connectivity index (χ4n) is 1.94. The number of methoxy groups -OCH3 is 1. The summed E-state index contributed by atoms with van der Waals surface area (Å²) in [5.41, 5.74) is -5.70. The lowest BCUT2D eigenvalue weighted by Gasteiger charge is -2.14. The van der Waals surface area contributed by atoms with Crippen molar-refractivity contribution in [1.82, 2.24) is 9.78 Å². The number of rotatable bonds is 4. The fourth-order valence-corrected chi connectivity index (χ4v) is 3.24. The molecule has 1 aromatic heterocycles. The van der Waals surface area contributed by atoms with Gasteiger partial charge in [-0.3, -0.25) is 0 Å². The Kier molecular flexibility index (Phi) is 5.98. The molecule has 0 atom stereocenters. The van der Waals surface area contributed by atoms with Gasteiger partial charge in [0.25, 0.3) is 0 Å². The van der Waals surface area contributed by atoms with Crippen molar-refractivity contribution in [3.63, 3.8) is 0 Å². The quantitative estimate of drug-likeness (QED) is 0.449. The van der Waals surface area contributed by atoms with Crippen LogP contribution in [-0.2, 0) is 0 Å². The zero-order valence-electron chi connectivity index (χ0n) is 12.7. The number of halogens is 8. The number of alkyl halides is 6. The average molecular weight is 452 g/mol. The van der Waals surface area contributed by atoms with Crippen molar-refractivity contribution in [1.29, 1.82) is 5.26 Å². The molecule has 0 spiro atoms. The van der Waals surface area contributed by atoms with Crippen LogP contribution in [0.5, 0.6) is 11.6 Å². The lowest BCUT2D eigenvalue weighted by molar-refractivity contribution is -0.274. The molecule has 1 aromatic carbocycles. The second kappa shape index (κ2) is 7.57. The highest BCUT2D eigenvalue weighted by atomic mass is 35.5. The van der Waals surface area contributed by atoms with Crippen LogP contribution >= 0.6 is 35.0 Å². The number of hydrogen-bond acceptors (Lipinski definition) is 5. The molecule has 0 aliphatic carbocycles. The van der Waals surface area contributed by atoms with Gasteiger partial charge in [0, 0.05) is 12.1 Å². The Morgan fingerprint density at radius 2 is 1.70 bits per heavy atom. The van der Waals surface area contributed by atoms with Gasteiger partial charge in [0.15, 0.2) is 5.69 Å². The van der Waals surface area contributed by atoms with Gasteiger partial charge in [-0.05, 0) is 11.8 Å². The van der Waals surface area contributed by atoms with E-state index in [-0.39, 0.29) is 5.69 Å². The summed E-state index contributed by atoms with van der Waals surface area (Å²) < 4.78 is 84.4. The number of ether oxygens (including phenoxy) is 2. The van der Waals surface area contributed by atoms with Gasteiger partial charge in [-0.2, -0.15) is 28.2 Å². The molecule has 5 nitrogen and oxygen atoms in total. The van der Waals surface area contributed by atoms with Crippen LogP contribution in [-0.4, -0.2) is 28.8 Å². The van der Waals surface area contributed by atoms with Gasteiger partial charge in [0.05, 0.1) is 17.2 Å². The van der Waals surface area contributed by atoms with Crippen molar-refractivity contribution in [2.75, 3.05) is 7.11 Å². The molecule has 0 aliphatic rings. The van der Waals surface area contributed by atoms with E-state index in [0.717, 1.165) is 19.2 Å². The number of thioether (sulfide) groups is 1. The molecule has 0 N–H and O–H groups in total. The van der Waals surface area contributed by atoms with E-state index in [0.29, 0.717) is 4.68 Å². The number of hydrogen-bond donors (Lipinski definition) is 0. The average Bonchev–Trinajstić information content (AvgIpc) is 2.80.